The smallest absolute Gasteiger partial charge is 0.548 e. The van der Waals surface area contributed by atoms with Gasteiger partial charge >= 0.3 is 18.9 Å². The monoisotopic (exact) mass is 511 g/mol. The molecule has 7 heteroatoms. The number of aryl methyl sites for hydroxylation is 1. The van der Waals surface area contributed by atoms with Crippen LogP contribution in [0.5, 0.6) is 0 Å². The van der Waals surface area contributed by atoms with Gasteiger partial charge in [0.05, 0.1) is 25.2 Å². The Hall–Kier alpha value is -2.49. The zero-order valence-corrected chi connectivity index (χ0v) is 23.2. The van der Waals surface area contributed by atoms with Crippen LogP contribution in [0.4, 0.5) is 0 Å². The number of carboxylic acids is 1. The summed E-state index contributed by atoms with van der Waals surface area (Å²) >= 11 is 1.53. The number of thioether (sulfide) groups is 1. The molecule has 0 spiro atoms. The molecule has 3 aromatic carbocycles. The largest absolute Gasteiger partial charge is 1.00 e. The molecule has 0 heterocycles. The van der Waals surface area contributed by atoms with Crippen LogP contribution in [-0.2, 0) is 22.7 Å². The van der Waals surface area contributed by atoms with Crippen LogP contribution in [0.25, 0.3) is 11.1 Å². The van der Waals surface area contributed by atoms with Crippen molar-refractivity contribution in [2.45, 2.75) is 52.4 Å². The van der Waals surface area contributed by atoms with E-state index in [1.807, 2.05) is 61.7 Å². The molecule has 0 saturated carbocycles. The van der Waals surface area contributed by atoms with Crippen molar-refractivity contribution in [2.24, 2.45) is 0 Å². The Balaban J connectivity index is 0.00000481. The van der Waals surface area contributed by atoms with Crippen LogP contribution in [0.1, 0.15) is 58.8 Å². The second-order valence-electron chi connectivity index (χ2n) is 9.17. The van der Waals surface area contributed by atoms with Gasteiger partial charge in [-0.05, 0) is 76.8 Å². The van der Waals surface area contributed by atoms with Gasteiger partial charge in [0.1, 0.15) is 0 Å². The minimum Gasteiger partial charge on any atom is -0.548 e. The van der Waals surface area contributed by atoms with Gasteiger partial charge in [-0.2, -0.15) is 11.8 Å². The van der Waals surface area contributed by atoms with Crippen molar-refractivity contribution in [3.8, 4) is 11.1 Å². The number of carbonyl (C=O) groups is 2. The number of aliphatic carboxylic acids is 1. The first-order valence-electron chi connectivity index (χ1n) is 12.2. The van der Waals surface area contributed by atoms with Crippen molar-refractivity contribution in [3.05, 3.63) is 94.5 Å². The maximum absolute atomic E-state index is 13.2. The molecule has 0 unspecified atom stereocenters. The molecule has 0 aliphatic rings. The standard InChI is InChI=1S/C30H35NO4S.Li/c1-20(2)24-11-8-6-10-23(24)19-35-18-22-13-14-26(27(17-22)25-12-7-5-9-21(25)3)29(32)31-28(30(33)34)15-16-36-4;/h5-14,17,20,28H,15-16,18-19H2,1-4H3,(H,31,32)(H,33,34);/q;+1/p-1/t28-;/m0./s1. The van der Waals surface area contributed by atoms with Crippen molar-refractivity contribution in [1.82, 2.24) is 5.32 Å². The van der Waals surface area contributed by atoms with E-state index < -0.39 is 17.9 Å². The number of carboxylic acid groups (broad SMARTS) is 1. The first-order chi connectivity index (χ1) is 17.3. The molecule has 0 aliphatic heterocycles. The van der Waals surface area contributed by atoms with Gasteiger partial charge in [-0.1, -0.05) is 68.4 Å². The second kappa shape index (κ2) is 15.0. The normalized spacial score (nSPS) is 11.6. The van der Waals surface area contributed by atoms with Gasteiger partial charge in [0.15, 0.2) is 0 Å². The van der Waals surface area contributed by atoms with E-state index in [2.05, 4.69) is 31.3 Å². The van der Waals surface area contributed by atoms with E-state index in [9.17, 15) is 14.7 Å². The predicted octanol–water partition coefficient (Wildman–Crippen LogP) is 2.11. The molecule has 0 saturated heterocycles. The molecule has 0 aromatic heterocycles. The van der Waals surface area contributed by atoms with E-state index in [1.165, 1.54) is 22.9 Å². The third kappa shape index (κ3) is 8.51. The molecule has 0 aliphatic carbocycles. The first-order valence-corrected chi connectivity index (χ1v) is 13.6. The van der Waals surface area contributed by atoms with E-state index in [0.29, 0.717) is 36.9 Å². The van der Waals surface area contributed by atoms with Crippen LogP contribution in [0.2, 0.25) is 0 Å². The maximum atomic E-state index is 13.2. The molecule has 5 nitrogen and oxygen atoms in total. The van der Waals surface area contributed by atoms with Gasteiger partial charge < -0.3 is 20.0 Å². The molecule has 1 amide bonds. The summed E-state index contributed by atoms with van der Waals surface area (Å²) in [6.07, 6.45) is 2.20. The Morgan fingerprint density at radius 3 is 2.35 bits per heavy atom. The summed E-state index contributed by atoms with van der Waals surface area (Å²) in [7, 11) is 0. The van der Waals surface area contributed by atoms with E-state index in [4.69, 9.17) is 4.74 Å². The van der Waals surface area contributed by atoms with E-state index in [1.54, 1.807) is 6.07 Å². The van der Waals surface area contributed by atoms with Gasteiger partial charge in [0, 0.05) is 5.56 Å². The Bertz CT molecular complexity index is 1200. The van der Waals surface area contributed by atoms with Gasteiger partial charge in [0.25, 0.3) is 5.91 Å². The first kappa shape index (κ1) is 30.7. The van der Waals surface area contributed by atoms with Crippen LogP contribution < -0.4 is 29.3 Å². The second-order valence-corrected chi connectivity index (χ2v) is 10.2. The number of ether oxygens (including phenoxy) is 1. The Labute approximate surface area is 236 Å². The van der Waals surface area contributed by atoms with Crippen LogP contribution in [-0.4, -0.2) is 29.9 Å². The fraction of sp³-hybridized carbons (Fsp3) is 0.333. The molecule has 0 fully saturated rings. The Morgan fingerprint density at radius 2 is 1.68 bits per heavy atom. The molecule has 3 aromatic rings. The molecule has 1 N–H and O–H groups in total. The fourth-order valence-corrected chi connectivity index (χ4v) is 4.68. The van der Waals surface area contributed by atoms with E-state index in [-0.39, 0.29) is 18.9 Å². The predicted molar refractivity (Wildman–Crippen MR) is 145 cm³/mol. The quantitative estimate of drug-likeness (QED) is 0.377. The number of benzene rings is 3. The zero-order valence-electron chi connectivity index (χ0n) is 22.4. The summed E-state index contributed by atoms with van der Waals surface area (Å²) in [5.41, 5.74) is 6.49. The minimum absolute atomic E-state index is 0. The molecule has 37 heavy (non-hydrogen) atoms. The SMILES string of the molecule is CSCC[C@H](NC(=O)c1ccc(COCc2ccccc2C(C)C)cc1-c1ccccc1C)C(=O)[O-].[Li+]. The number of amides is 1. The summed E-state index contributed by atoms with van der Waals surface area (Å²) < 4.78 is 6.07. The van der Waals surface area contributed by atoms with E-state index in [0.717, 1.165) is 22.3 Å². The average Bonchev–Trinajstić information content (AvgIpc) is 2.86. The molecule has 0 bridgehead atoms. The van der Waals surface area contributed by atoms with Crippen LogP contribution in [0, 0.1) is 6.92 Å². The number of rotatable bonds is 12. The number of carbonyl (C=O) groups excluding carboxylic acids is 2. The van der Waals surface area contributed by atoms with Gasteiger partial charge in [-0.15, -0.1) is 0 Å². The summed E-state index contributed by atoms with van der Waals surface area (Å²) in [5.74, 6) is -0.681. The molecule has 3 rings (SSSR count). The van der Waals surface area contributed by atoms with Crippen molar-refractivity contribution in [3.63, 3.8) is 0 Å². The zero-order chi connectivity index (χ0) is 26.1. The molecule has 190 valence electrons. The Morgan fingerprint density at radius 1 is 0.973 bits per heavy atom. The van der Waals surface area contributed by atoms with Crippen LogP contribution in [0.3, 0.4) is 0 Å². The van der Waals surface area contributed by atoms with Gasteiger partial charge in [0.2, 0.25) is 0 Å². The van der Waals surface area contributed by atoms with Gasteiger partial charge in [-0.25, -0.2) is 0 Å². The minimum atomic E-state index is -1.28. The van der Waals surface area contributed by atoms with Crippen LogP contribution in [0.15, 0.2) is 66.7 Å². The third-order valence-corrected chi connectivity index (χ3v) is 6.81. The van der Waals surface area contributed by atoms with Crippen molar-refractivity contribution >= 4 is 23.6 Å². The number of hydrogen-bond donors (Lipinski definition) is 1. The van der Waals surface area contributed by atoms with Crippen molar-refractivity contribution in [2.75, 3.05) is 12.0 Å². The molecular formula is C30H34LiNO4S. The third-order valence-electron chi connectivity index (χ3n) is 6.17. The van der Waals surface area contributed by atoms with Crippen molar-refractivity contribution < 1.29 is 38.3 Å². The summed E-state index contributed by atoms with van der Waals surface area (Å²) in [6, 6.07) is 20.7. The summed E-state index contributed by atoms with van der Waals surface area (Å²) in [5, 5.41) is 14.2. The molecule has 0 radical (unpaired) electrons. The fourth-order valence-electron chi connectivity index (χ4n) is 4.21. The average molecular weight is 512 g/mol. The molecular weight excluding hydrogens is 477 g/mol. The van der Waals surface area contributed by atoms with E-state index >= 15 is 0 Å². The number of nitrogens with one attached hydrogen (secondary N) is 1. The molecule has 1 atom stereocenters. The topological polar surface area (TPSA) is 78.5 Å². The Kier molecular flexibility index (Phi) is 12.5. The summed E-state index contributed by atoms with van der Waals surface area (Å²) in [4.78, 5) is 24.8. The van der Waals surface area contributed by atoms with Crippen molar-refractivity contribution in [1.29, 1.82) is 0 Å². The summed E-state index contributed by atoms with van der Waals surface area (Å²) in [6.45, 7) is 7.22. The number of hydrogen-bond acceptors (Lipinski definition) is 5. The van der Waals surface area contributed by atoms with Crippen LogP contribution >= 0.6 is 11.8 Å². The van der Waals surface area contributed by atoms with Gasteiger partial charge in [-0.3, -0.25) is 4.79 Å². The maximum Gasteiger partial charge on any atom is 1.00 e.